The van der Waals surface area contributed by atoms with Crippen LogP contribution in [0.15, 0.2) is 0 Å². The van der Waals surface area contributed by atoms with Crippen molar-refractivity contribution in [3.63, 3.8) is 0 Å². The van der Waals surface area contributed by atoms with Gasteiger partial charge in [-0.05, 0) is 0 Å². The van der Waals surface area contributed by atoms with Gasteiger partial charge in [0.15, 0.2) is 4.24 Å². The summed E-state index contributed by atoms with van der Waals surface area (Å²) < 4.78 is 71.2. The second-order valence-electron chi connectivity index (χ2n) is 0. The quantitative estimate of drug-likeness (QED) is 0.108. The Morgan fingerprint density at radius 3 is 0.200 bits per heavy atom. The van der Waals surface area contributed by atoms with Crippen molar-refractivity contribution in [1.29, 1.82) is 0 Å². The van der Waals surface area contributed by atoms with Gasteiger partial charge in [0.2, 0.25) is 0 Å². The maximum absolute atomic E-state index is 9.71. The van der Waals surface area contributed by atoms with Crippen LogP contribution in [0.3, 0.4) is 0 Å². The first-order valence-corrected chi connectivity index (χ1v) is 0.567. The first kappa shape index (κ1) is 2350. The predicted octanol–water partition coefficient (Wildman–Crippen LogP) is 26.4. The van der Waals surface area contributed by atoms with Crippen molar-refractivity contribution in [3.8, 4) is 0 Å². The van der Waals surface area contributed by atoms with E-state index in [1.165, 1.54) is 0 Å². The summed E-state index contributed by atoms with van der Waals surface area (Å²) >= 11 is 0. The van der Waals surface area contributed by atoms with Gasteiger partial charge in [0.05, 0.1) is 0 Å². The number of hydrogen-bond acceptors (Lipinski definition) is 8. The number of rotatable bonds is 0. The minimum Gasteiger partial charge on any atom is -0.344 e. The summed E-state index contributed by atoms with van der Waals surface area (Å²) in [5.41, 5.74) is 0. The van der Waals surface area contributed by atoms with Crippen LogP contribution in [0, 0.1) is 0 Å². The van der Waals surface area contributed by atoms with Crippen molar-refractivity contribution in [2.24, 2.45) is 17.8 Å². The molecule has 0 aromatic heterocycles. The summed E-state index contributed by atoms with van der Waals surface area (Å²) in [6.45, 7) is 0. The van der Waals surface area contributed by atoms with Crippen molar-refractivity contribution in [2.45, 2.75) is 304 Å². The van der Waals surface area contributed by atoms with Crippen LogP contribution in [0.4, 0.5) is 13.4 Å². The Morgan fingerprint density at radius 2 is 0.200 bits per heavy atom. The molecule has 0 amide bonds. The Kier molecular flexibility index (Phi) is 423000. The van der Waals surface area contributed by atoms with Gasteiger partial charge in [-0.1, -0.05) is 304 Å². The normalized spacial score (nSPS) is 1.67. The third kappa shape index (κ3) is 9520. The van der Waals surface area contributed by atoms with Gasteiger partial charge < -0.3 is 30.7 Å². The molecule has 0 aromatic carbocycles. The third-order valence-corrected chi connectivity index (χ3v) is 0. The fraction of sp³-hybridized carbons (Fsp3) is 1.00. The molecule has 21 N–H and O–H groups in total. The van der Waals surface area contributed by atoms with Crippen molar-refractivity contribution >= 4 is 0 Å². The van der Waals surface area contributed by atoms with Crippen LogP contribution < -0.4 is 48.6 Å². The van der Waals surface area contributed by atoms with Crippen molar-refractivity contribution in [2.75, 3.05) is 0 Å². The molecule has 0 aliphatic heterocycles. The van der Waals surface area contributed by atoms with E-state index in [1.54, 1.807) is 0 Å². The topological polar surface area (TPSA) is 253 Å². The molecule has 0 radical (unpaired) electrons. The van der Waals surface area contributed by atoms with E-state index in [-0.39, 0.29) is 304 Å². The maximum Gasteiger partial charge on any atom is 0.157 e. The largest absolute Gasteiger partial charge is 0.344 e. The SMILES string of the molecule is C.C.C.C.C.C.C.C.C.C.C.C.C.C.C.C.C.C.C.C.C.C.C.C.C.C.C.C.C.C.C.C.C.C.C.C.C.C.C.C.C.[2H]N.[2H]N.[2H]N.[2H]N.[2H]N.[3H]NF.[3H]NF.[3H]NF.[No].[No].[No]. The fourth-order valence-corrected chi connectivity index (χ4v) is 0. The molecule has 55 heavy (non-hydrogen) atoms. The zero-order chi connectivity index (χ0) is 18.1. The standard InChI is InChI=1S/41CH4.3FH2N.5H3N.3No/c;;;;;;;;;;;;;;;;;;;;;;;;;;;;;;;;;;;;;;;;;3*1-2;;;;;;;;/h41*1H4;3*2H2;5*1H3;;;/i;;;;;;;;;;;;;;;;;;;;;;;;;;;;;;;;;;;;;;;;;3*2T;;;;;;;;/hD5. The molecule has 14 heteroatoms. The van der Waals surface area contributed by atoms with Gasteiger partial charge in [0, 0.05) is 0 Å². The summed E-state index contributed by atoms with van der Waals surface area (Å²) in [7, 11) is 0. The van der Waals surface area contributed by atoms with Gasteiger partial charge in [0.25, 0.3) is 0 Å². The molecule has 0 aliphatic carbocycles. The summed E-state index contributed by atoms with van der Waals surface area (Å²) in [4.78, 5) is 0. The zero-order valence-electron chi connectivity index (χ0n) is 14.3. The van der Waals surface area contributed by atoms with Crippen LogP contribution >= 0.6 is 0 Å². The van der Waals surface area contributed by atoms with Crippen LogP contribution in [0.2, 0.25) is 11.3 Å². The second-order valence-corrected chi connectivity index (χ2v) is 0. The monoisotopic (exact) mass is 1640 g/mol. The molecule has 0 atom stereocenters. The molecule has 0 saturated heterocycles. The Hall–Kier alpha value is -3.53. The summed E-state index contributed by atoms with van der Waals surface area (Å²) in [5, 5.41) is 0. The zero-order valence-corrected chi connectivity index (χ0v) is 13.0. The number of halogens is 3. The average molecular weight is 1640 g/mol. The van der Waals surface area contributed by atoms with E-state index in [0.29, 0.717) is 17.8 Å². The van der Waals surface area contributed by atoms with Gasteiger partial charge in [-0.2, -0.15) is 17.8 Å². The van der Waals surface area contributed by atoms with Gasteiger partial charge in [-0.3, -0.25) is 0 Å². The molecular weight excluding hydrogens is 1440 g/mol. The summed E-state index contributed by atoms with van der Waals surface area (Å²) in [6.07, 6.45) is 18.8. The van der Waals surface area contributed by atoms with Crippen LogP contribution in [-0.4, -0.2) is 0 Å². The molecule has 0 bridgehead atoms. The molecule has 0 aromatic rings. The van der Waals surface area contributed by atoms with Gasteiger partial charge in [-0.25, -0.2) is 0 Å². The molecule has 452 valence electrons. The molecular formula is C41H185F3N8No3. The van der Waals surface area contributed by atoms with Crippen molar-refractivity contribution < 1.29 is 24.7 Å². The second kappa shape index (κ2) is 9910. The van der Waals surface area contributed by atoms with Gasteiger partial charge in [-0.15, -0.1) is 13.4 Å². The molecule has 0 saturated carbocycles. The average Bonchev–Trinajstić information content (AvgIpc) is 2.51. The number of nitrogens with two attached hydrogens (primary N) is 3. The van der Waals surface area contributed by atoms with Crippen LogP contribution in [-0.2, 0) is 0 Å². The third-order valence-electron chi connectivity index (χ3n) is 0. The van der Waals surface area contributed by atoms with E-state index in [9.17, 15) is 13.4 Å². The Balaban J connectivity index is -0.000000000400. The molecule has 0 heterocycles. The van der Waals surface area contributed by atoms with E-state index < -0.39 is 0 Å². The first-order chi connectivity index (χ1) is 9.24. The van der Waals surface area contributed by atoms with Gasteiger partial charge >= 0.3 is 0 Å². The van der Waals surface area contributed by atoms with E-state index in [2.05, 4.69) is 30.7 Å². The Bertz CT molecular complexity index is 104. The van der Waals surface area contributed by atoms with Gasteiger partial charge in [0.1, 0.15) is 7.06 Å². The summed E-state index contributed by atoms with van der Waals surface area (Å²) in [5.74, 6) is 1.50. The molecule has 0 aliphatic rings. The van der Waals surface area contributed by atoms with Crippen molar-refractivity contribution in [1.82, 2.24) is 30.7 Å². The Morgan fingerprint density at radius 1 is 0.200 bits per heavy atom. The number of hydrogen-bond donors (Lipinski definition) is 8. The van der Waals surface area contributed by atoms with Crippen LogP contribution in [0.25, 0.3) is 0 Å². The Labute approximate surface area is 377 Å². The summed E-state index contributed by atoms with van der Waals surface area (Å²) in [6, 6.07) is 0. The molecule has 0 fully saturated rings. The maximum atomic E-state index is 9.71. The van der Waals surface area contributed by atoms with E-state index >= 15 is 0 Å². The minimum absolute atomic E-state index is 0. The molecule has 0 rings (SSSR count). The minimum atomic E-state index is 0. The molecule has 8 nitrogen and oxygen atoms in total. The van der Waals surface area contributed by atoms with Crippen molar-refractivity contribution in [3.05, 3.63) is 0 Å². The first-order valence-electron chi connectivity index (χ1n) is 4.95. The molecule has 0 spiro atoms. The van der Waals surface area contributed by atoms with E-state index in [1.807, 2.05) is 0 Å². The smallest absolute Gasteiger partial charge is 0.157 e. The van der Waals surface area contributed by atoms with E-state index in [4.69, 9.17) is 11.3 Å². The van der Waals surface area contributed by atoms with Crippen LogP contribution in [0.5, 0.6) is 0 Å². The fourth-order valence-electron chi connectivity index (χ4n) is 0. The van der Waals surface area contributed by atoms with Crippen LogP contribution in [0.1, 0.15) is 304 Å². The molecule has 0 unspecified atom stereocenters. The predicted molar refractivity (Wildman–Crippen MR) is 317 cm³/mol. The van der Waals surface area contributed by atoms with E-state index in [0.717, 1.165) is 0 Å².